The van der Waals surface area contributed by atoms with Crippen LogP contribution in [0.3, 0.4) is 0 Å². The van der Waals surface area contributed by atoms with Gasteiger partial charge in [0.15, 0.2) is 0 Å². The SMILES string of the molecule is CC1=C[C@H]2C[C@H]1[C@@H]1C(=O)N(c3cccc(C(=O)Nc4ccc(C)c(C)c4)c3)C(=O)[C@@H]12. The van der Waals surface area contributed by atoms with Crippen molar-refractivity contribution >= 4 is 29.1 Å². The zero-order valence-electron chi connectivity index (χ0n) is 17.3. The predicted molar refractivity (Wildman–Crippen MR) is 115 cm³/mol. The maximum Gasteiger partial charge on any atom is 0.255 e. The van der Waals surface area contributed by atoms with Crippen LogP contribution < -0.4 is 10.2 Å². The normalized spacial score (nSPS) is 26.8. The maximum atomic E-state index is 13.2. The average Bonchev–Trinajstić information content (AvgIpc) is 3.35. The summed E-state index contributed by atoms with van der Waals surface area (Å²) in [6, 6.07) is 12.5. The van der Waals surface area contributed by atoms with Gasteiger partial charge >= 0.3 is 0 Å². The number of amides is 3. The Morgan fingerprint density at radius 2 is 1.73 bits per heavy atom. The number of imide groups is 1. The summed E-state index contributed by atoms with van der Waals surface area (Å²) in [7, 11) is 0. The lowest BCUT2D eigenvalue weighted by Gasteiger charge is -2.19. The van der Waals surface area contributed by atoms with E-state index in [-0.39, 0.29) is 41.4 Å². The lowest BCUT2D eigenvalue weighted by atomic mass is 9.82. The first-order valence-electron chi connectivity index (χ1n) is 10.4. The molecule has 3 amide bonds. The number of anilines is 2. The third kappa shape index (κ3) is 2.72. The Bertz CT molecular complexity index is 1130. The third-order valence-electron chi connectivity index (χ3n) is 7.01. The minimum absolute atomic E-state index is 0.128. The van der Waals surface area contributed by atoms with E-state index >= 15 is 0 Å². The molecule has 5 nitrogen and oxygen atoms in total. The largest absolute Gasteiger partial charge is 0.322 e. The second-order valence-electron chi connectivity index (χ2n) is 8.78. The third-order valence-corrected chi connectivity index (χ3v) is 7.01. The van der Waals surface area contributed by atoms with E-state index in [1.54, 1.807) is 24.3 Å². The molecular formula is C25H24N2O3. The summed E-state index contributed by atoms with van der Waals surface area (Å²) < 4.78 is 0. The van der Waals surface area contributed by atoms with E-state index in [0.29, 0.717) is 11.3 Å². The molecule has 2 fully saturated rings. The highest BCUT2D eigenvalue weighted by molar-refractivity contribution is 6.23. The second kappa shape index (κ2) is 6.66. The minimum atomic E-state index is -0.267. The van der Waals surface area contributed by atoms with Crippen molar-refractivity contribution < 1.29 is 14.4 Å². The van der Waals surface area contributed by atoms with Crippen molar-refractivity contribution in [1.29, 1.82) is 0 Å². The summed E-state index contributed by atoms with van der Waals surface area (Å²) in [6.45, 7) is 6.07. The van der Waals surface area contributed by atoms with Gasteiger partial charge in [0.1, 0.15) is 0 Å². The molecule has 2 bridgehead atoms. The van der Waals surface area contributed by atoms with Crippen LogP contribution in [0.4, 0.5) is 11.4 Å². The van der Waals surface area contributed by atoms with Crippen molar-refractivity contribution in [1.82, 2.24) is 0 Å². The van der Waals surface area contributed by atoms with Crippen molar-refractivity contribution in [3.05, 3.63) is 70.8 Å². The monoisotopic (exact) mass is 400 g/mol. The molecule has 1 saturated heterocycles. The van der Waals surface area contributed by atoms with Crippen LogP contribution in [0.15, 0.2) is 54.1 Å². The molecule has 5 heteroatoms. The summed E-state index contributed by atoms with van der Waals surface area (Å²) >= 11 is 0. The number of hydrogen-bond acceptors (Lipinski definition) is 3. The van der Waals surface area contributed by atoms with E-state index in [1.165, 1.54) is 10.5 Å². The van der Waals surface area contributed by atoms with Crippen LogP contribution in [0.5, 0.6) is 0 Å². The number of hydrogen-bond donors (Lipinski definition) is 1. The van der Waals surface area contributed by atoms with Gasteiger partial charge in [-0.3, -0.25) is 14.4 Å². The fraction of sp³-hybridized carbons (Fsp3) is 0.320. The standard InChI is InChI=1S/C25H24N2O3/c1-13-7-8-18(10-14(13)2)26-23(28)16-5-4-6-19(11-16)27-24(29)21-17-9-15(3)20(12-17)22(21)25(27)30/h4-11,17,20-22H,12H2,1-3H3,(H,26,28)/t17-,20+,21+,22-/m0/s1. The Kier molecular flexibility index (Phi) is 4.17. The topological polar surface area (TPSA) is 66.5 Å². The van der Waals surface area contributed by atoms with Crippen LogP contribution in [-0.4, -0.2) is 17.7 Å². The molecule has 0 unspecified atom stereocenters. The Labute approximate surface area is 175 Å². The first kappa shape index (κ1) is 18.8. The van der Waals surface area contributed by atoms with Gasteiger partial charge in [0.25, 0.3) is 5.91 Å². The van der Waals surface area contributed by atoms with Crippen LogP contribution in [0.25, 0.3) is 0 Å². The lowest BCUT2D eigenvalue weighted by Crippen LogP contribution is -2.33. The van der Waals surface area contributed by atoms with Crippen LogP contribution in [0.2, 0.25) is 0 Å². The summed E-state index contributed by atoms with van der Waals surface area (Å²) in [4.78, 5) is 40.3. The number of rotatable bonds is 3. The molecular weight excluding hydrogens is 376 g/mol. The molecule has 1 N–H and O–H groups in total. The van der Waals surface area contributed by atoms with Crippen molar-refractivity contribution in [3.63, 3.8) is 0 Å². The molecule has 152 valence electrons. The molecule has 1 saturated carbocycles. The number of nitrogens with zero attached hydrogens (tertiary/aromatic N) is 1. The lowest BCUT2D eigenvalue weighted by molar-refractivity contribution is -0.123. The van der Waals surface area contributed by atoms with Gasteiger partial charge in [0.05, 0.1) is 17.5 Å². The summed E-state index contributed by atoms with van der Waals surface area (Å²) in [5.41, 5.74) is 5.09. The number of nitrogens with one attached hydrogen (secondary N) is 1. The molecule has 1 heterocycles. The van der Waals surface area contributed by atoms with Gasteiger partial charge in [-0.2, -0.15) is 0 Å². The number of allylic oxidation sites excluding steroid dienone is 2. The fourth-order valence-electron chi connectivity index (χ4n) is 5.34. The van der Waals surface area contributed by atoms with Crippen LogP contribution in [0.1, 0.15) is 34.8 Å². The van der Waals surface area contributed by atoms with Gasteiger partial charge in [-0.1, -0.05) is 23.8 Å². The predicted octanol–water partition coefficient (Wildman–Crippen LogP) is 4.26. The number of aryl methyl sites for hydroxylation is 2. The van der Waals surface area contributed by atoms with E-state index in [4.69, 9.17) is 0 Å². The smallest absolute Gasteiger partial charge is 0.255 e. The number of carbonyl (C=O) groups is 3. The zero-order chi connectivity index (χ0) is 21.2. The first-order chi connectivity index (χ1) is 14.3. The number of fused-ring (bicyclic) bond motifs is 5. The number of benzene rings is 2. The van der Waals surface area contributed by atoms with E-state index in [0.717, 1.165) is 23.2 Å². The van der Waals surface area contributed by atoms with Gasteiger partial charge in [0, 0.05) is 11.3 Å². The summed E-state index contributed by atoms with van der Waals surface area (Å²) in [5, 5.41) is 2.90. The van der Waals surface area contributed by atoms with E-state index in [2.05, 4.69) is 18.3 Å². The molecule has 2 aliphatic carbocycles. The second-order valence-corrected chi connectivity index (χ2v) is 8.78. The van der Waals surface area contributed by atoms with Crippen molar-refractivity contribution in [2.75, 3.05) is 10.2 Å². The van der Waals surface area contributed by atoms with Crippen LogP contribution in [-0.2, 0) is 9.59 Å². The molecule has 30 heavy (non-hydrogen) atoms. The van der Waals surface area contributed by atoms with Gasteiger partial charge in [0.2, 0.25) is 11.8 Å². The molecule has 0 radical (unpaired) electrons. The molecule has 2 aromatic carbocycles. The Morgan fingerprint density at radius 1 is 0.967 bits per heavy atom. The highest BCUT2D eigenvalue weighted by Gasteiger charge is 2.60. The zero-order valence-corrected chi connectivity index (χ0v) is 17.3. The van der Waals surface area contributed by atoms with E-state index < -0.39 is 0 Å². The maximum absolute atomic E-state index is 13.2. The highest BCUT2D eigenvalue weighted by Crippen LogP contribution is 2.55. The number of carbonyl (C=O) groups excluding carboxylic acids is 3. The Morgan fingerprint density at radius 3 is 2.50 bits per heavy atom. The Balaban J connectivity index is 1.40. The minimum Gasteiger partial charge on any atom is -0.322 e. The summed E-state index contributed by atoms with van der Waals surface area (Å²) in [5.74, 6) is -0.684. The summed E-state index contributed by atoms with van der Waals surface area (Å²) in [6.07, 6.45) is 3.07. The van der Waals surface area contributed by atoms with Crippen LogP contribution in [0, 0.1) is 37.5 Å². The molecule has 0 spiro atoms. The van der Waals surface area contributed by atoms with Gasteiger partial charge in [-0.15, -0.1) is 0 Å². The van der Waals surface area contributed by atoms with Crippen molar-refractivity contribution in [3.8, 4) is 0 Å². The van der Waals surface area contributed by atoms with Gasteiger partial charge < -0.3 is 5.32 Å². The first-order valence-corrected chi connectivity index (χ1v) is 10.4. The van der Waals surface area contributed by atoms with E-state index in [1.807, 2.05) is 32.0 Å². The fourth-order valence-corrected chi connectivity index (χ4v) is 5.34. The average molecular weight is 400 g/mol. The molecule has 0 aromatic heterocycles. The van der Waals surface area contributed by atoms with Crippen molar-refractivity contribution in [2.24, 2.45) is 23.7 Å². The Hall–Kier alpha value is -3.21. The quantitative estimate of drug-likeness (QED) is 0.618. The van der Waals surface area contributed by atoms with E-state index in [9.17, 15) is 14.4 Å². The molecule has 1 aliphatic heterocycles. The molecule has 4 atom stereocenters. The van der Waals surface area contributed by atoms with Gasteiger partial charge in [-0.05, 0) is 80.5 Å². The highest BCUT2D eigenvalue weighted by atomic mass is 16.2. The molecule has 2 aromatic rings. The molecule has 5 rings (SSSR count). The van der Waals surface area contributed by atoms with Crippen molar-refractivity contribution in [2.45, 2.75) is 27.2 Å². The van der Waals surface area contributed by atoms with Gasteiger partial charge in [-0.25, -0.2) is 4.90 Å². The van der Waals surface area contributed by atoms with Crippen LogP contribution >= 0.6 is 0 Å². The molecule has 3 aliphatic rings.